The van der Waals surface area contributed by atoms with Gasteiger partial charge < -0.3 is 40.6 Å². The number of hydrogen-bond acceptors (Lipinski definition) is 9. The summed E-state index contributed by atoms with van der Waals surface area (Å²) < 4.78 is 0. The number of rotatable bonds is 12. The van der Waals surface area contributed by atoms with Crippen molar-refractivity contribution in [3.05, 3.63) is 95.1 Å². The molecule has 1 amide bonds. The standard InChI is InChI=1S/C43H54N8O3/c1-30(5-4-26-52)51-29-32-27-36(12-13-37(32)43(51)54)50-24-22-49(23-25-50)35-16-20-48(21-17-35)34-14-18-47(19-15-34)33-10-8-31(9-11-33)39(42(45)46)28-40(44)38-6-2-3-7-41(38)53/h2-3,6-13,26-28,30,34-35,44,53H,4-5,14-25,29H2,1H3,(H3,45,46)/b39-28-,44-40?. The number of fused-ring (bicyclic) bond motifs is 1. The van der Waals surface area contributed by atoms with Crippen LogP contribution >= 0.6 is 0 Å². The Hall–Kier alpha value is -5.00. The number of carbonyl (C=O) groups is 2. The first-order valence-electron chi connectivity index (χ1n) is 19.6. The SMILES string of the molecule is CC(CCC=O)N1Cc2cc(N3CCN(C4CCN(C5CCN(c6ccc(/C(=C/C(=N)c7ccccc7O)C(=N)N)cc6)CC5)CC4)CC3)ccc2C1=O. The molecule has 1 atom stereocenters. The Kier molecular flexibility index (Phi) is 11.5. The summed E-state index contributed by atoms with van der Waals surface area (Å²) >= 11 is 0. The number of nitrogens with zero attached hydrogens (tertiary/aromatic N) is 5. The Morgan fingerprint density at radius 2 is 1.44 bits per heavy atom. The average Bonchev–Trinajstić information content (AvgIpc) is 3.54. The van der Waals surface area contributed by atoms with Crippen LogP contribution in [0.1, 0.15) is 72.5 Å². The van der Waals surface area contributed by atoms with Crippen molar-refractivity contribution < 1.29 is 14.7 Å². The molecule has 0 saturated carbocycles. The van der Waals surface area contributed by atoms with Crippen molar-refractivity contribution in [3.63, 3.8) is 0 Å². The van der Waals surface area contributed by atoms with E-state index in [0.29, 0.717) is 42.6 Å². The van der Waals surface area contributed by atoms with E-state index in [9.17, 15) is 14.7 Å². The van der Waals surface area contributed by atoms with Crippen LogP contribution in [0.5, 0.6) is 5.75 Å². The minimum absolute atomic E-state index is 0.0273. The molecule has 54 heavy (non-hydrogen) atoms. The molecule has 4 heterocycles. The Balaban J connectivity index is 0.857. The van der Waals surface area contributed by atoms with Crippen LogP contribution in [-0.2, 0) is 11.3 Å². The summed E-state index contributed by atoms with van der Waals surface area (Å²) in [6.45, 7) is 11.1. The number of phenolic OH excluding ortho intramolecular Hbond substituents is 1. The van der Waals surface area contributed by atoms with Gasteiger partial charge in [0.05, 0.1) is 5.71 Å². The lowest BCUT2D eigenvalue weighted by Gasteiger charge is -2.46. The second-order valence-corrected chi connectivity index (χ2v) is 15.3. The van der Waals surface area contributed by atoms with E-state index >= 15 is 0 Å². The third-order valence-electron chi connectivity index (χ3n) is 12.1. The van der Waals surface area contributed by atoms with Crippen LogP contribution in [0.15, 0.2) is 72.8 Å². The molecule has 4 aliphatic heterocycles. The number of piperazine rings is 1. The Morgan fingerprint density at radius 3 is 2.09 bits per heavy atom. The lowest BCUT2D eigenvalue weighted by molar-refractivity contribution is -0.108. The van der Waals surface area contributed by atoms with Crippen LogP contribution in [0.2, 0.25) is 0 Å². The molecular weight excluding hydrogens is 677 g/mol. The number of allylic oxidation sites excluding steroid dienone is 1. The highest BCUT2D eigenvalue weighted by molar-refractivity contribution is 6.27. The monoisotopic (exact) mass is 730 g/mol. The number of anilines is 2. The molecule has 1 unspecified atom stereocenters. The topological polar surface area (TPSA) is 144 Å². The highest BCUT2D eigenvalue weighted by Crippen LogP contribution is 2.32. The number of nitrogens with one attached hydrogen (secondary N) is 2. The summed E-state index contributed by atoms with van der Waals surface area (Å²) in [4.78, 5) is 36.1. The molecule has 5 N–H and O–H groups in total. The molecule has 3 saturated heterocycles. The minimum atomic E-state index is -0.115. The fourth-order valence-corrected chi connectivity index (χ4v) is 8.89. The third-order valence-corrected chi connectivity index (χ3v) is 12.1. The summed E-state index contributed by atoms with van der Waals surface area (Å²) in [6, 6.07) is 22.5. The molecule has 284 valence electrons. The maximum Gasteiger partial charge on any atom is 0.254 e. The van der Waals surface area contributed by atoms with Gasteiger partial charge in [-0.15, -0.1) is 0 Å². The quantitative estimate of drug-likeness (QED) is 0.111. The highest BCUT2D eigenvalue weighted by atomic mass is 16.3. The van der Waals surface area contributed by atoms with Gasteiger partial charge in [-0.25, -0.2) is 0 Å². The van der Waals surface area contributed by atoms with Gasteiger partial charge in [0.2, 0.25) is 0 Å². The summed E-state index contributed by atoms with van der Waals surface area (Å²) in [6.07, 6.45) is 8.39. The molecule has 3 aromatic carbocycles. The average molecular weight is 731 g/mol. The lowest BCUT2D eigenvalue weighted by atomic mass is 9.96. The number of aldehydes is 1. The van der Waals surface area contributed by atoms with E-state index in [4.69, 9.17) is 16.6 Å². The van der Waals surface area contributed by atoms with E-state index in [2.05, 4.69) is 43.9 Å². The summed E-state index contributed by atoms with van der Waals surface area (Å²) in [5, 5.41) is 26.8. The number of amidine groups is 1. The normalized spacial score (nSPS) is 19.9. The summed E-state index contributed by atoms with van der Waals surface area (Å²) in [5.74, 6) is -0.00123. The van der Waals surface area contributed by atoms with Gasteiger partial charge in [-0.2, -0.15) is 0 Å². The molecule has 7 rings (SSSR count). The number of nitrogens with two attached hydrogens (primary N) is 1. The van der Waals surface area contributed by atoms with E-state index in [0.717, 1.165) is 93.9 Å². The van der Waals surface area contributed by atoms with Gasteiger partial charge in [-0.05, 0) is 112 Å². The second kappa shape index (κ2) is 16.6. The zero-order valence-corrected chi connectivity index (χ0v) is 31.4. The Labute approximate surface area is 319 Å². The summed E-state index contributed by atoms with van der Waals surface area (Å²) in [5.41, 5.74) is 12.0. The van der Waals surface area contributed by atoms with E-state index in [1.807, 2.05) is 30.0 Å². The number of benzene rings is 3. The number of para-hydroxylation sites is 1. The zero-order valence-electron chi connectivity index (χ0n) is 31.4. The maximum absolute atomic E-state index is 13.0. The van der Waals surface area contributed by atoms with Crippen molar-refractivity contribution >= 4 is 40.7 Å². The van der Waals surface area contributed by atoms with Gasteiger partial charge in [0.25, 0.3) is 5.91 Å². The minimum Gasteiger partial charge on any atom is -0.507 e. The van der Waals surface area contributed by atoms with Gasteiger partial charge in [0.15, 0.2) is 0 Å². The van der Waals surface area contributed by atoms with E-state index < -0.39 is 0 Å². The van der Waals surface area contributed by atoms with Gasteiger partial charge in [-0.3, -0.25) is 15.1 Å². The molecule has 0 bridgehead atoms. The second-order valence-electron chi connectivity index (χ2n) is 15.3. The van der Waals surface area contributed by atoms with Gasteiger partial charge >= 0.3 is 0 Å². The lowest BCUT2D eigenvalue weighted by Crippen LogP contribution is -2.55. The Bertz CT molecular complexity index is 1870. The molecule has 11 nitrogen and oxygen atoms in total. The van der Waals surface area contributed by atoms with Crippen molar-refractivity contribution in [2.45, 2.75) is 70.1 Å². The number of amides is 1. The first-order chi connectivity index (χ1) is 26.2. The molecule has 0 aliphatic carbocycles. The van der Waals surface area contributed by atoms with E-state index in [1.165, 1.54) is 18.5 Å². The number of phenols is 1. The maximum atomic E-state index is 13.0. The molecule has 4 aliphatic rings. The van der Waals surface area contributed by atoms with Crippen molar-refractivity contribution in [1.29, 1.82) is 10.8 Å². The zero-order chi connectivity index (χ0) is 37.8. The first-order valence-corrected chi connectivity index (χ1v) is 19.6. The predicted molar refractivity (Wildman–Crippen MR) is 216 cm³/mol. The van der Waals surface area contributed by atoms with Crippen LogP contribution < -0.4 is 15.5 Å². The van der Waals surface area contributed by atoms with Crippen molar-refractivity contribution in [2.75, 3.05) is 62.2 Å². The number of piperidine rings is 2. The summed E-state index contributed by atoms with van der Waals surface area (Å²) in [7, 11) is 0. The van der Waals surface area contributed by atoms with Crippen LogP contribution in [0, 0.1) is 10.8 Å². The van der Waals surface area contributed by atoms with E-state index in [-0.39, 0.29) is 29.2 Å². The smallest absolute Gasteiger partial charge is 0.254 e. The van der Waals surface area contributed by atoms with Crippen LogP contribution in [-0.4, -0.2) is 114 Å². The molecule has 11 heteroatoms. The molecule has 0 spiro atoms. The number of carbonyl (C=O) groups excluding carboxylic acids is 2. The first kappa shape index (κ1) is 37.3. The van der Waals surface area contributed by atoms with E-state index in [1.54, 1.807) is 30.3 Å². The van der Waals surface area contributed by atoms with Crippen LogP contribution in [0.25, 0.3) is 5.57 Å². The number of aromatic hydroxyl groups is 1. The van der Waals surface area contributed by atoms with Gasteiger partial charge in [0.1, 0.15) is 17.9 Å². The Morgan fingerprint density at radius 1 is 0.833 bits per heavy atom. The molecule has 0 aromatic heterocycles. The fraction of sp³-hybridized carbons (Fsp3) is 0.442. The third kappa shape index (κ3) is 8.07. The molecular formula is C43H54N8O3. The number of hydrogen-bond donors (Lipinski definition) is 4. The largest absolute Gasteiger partial charge is 0.507 e. The predicted octanol–water partition coefficient (Wildman–Crippen LogP) is 5.36. The highest BCUT2D eigenvalue weighted by Gasteiger charge is 2.34. The van der Waals surface area contributed by atoms with Crippen molar-refractivity contribution in [2.24, 2.45) is 5.73 Å². The van der Waals surface area contributed by atoms with Gasteiger partial charge in [-0.1, -0.05) is 24.3 Å². The van der Waals surface area contributed by atoms with Crippen LogP contribution in [0.4, 0.5) is 11.4 Å². The molecule has 3 fully saturated rings. The van der Waals surface area contributed by atoms with Crippen LogP contribution in [0.3, 0.4) is 0 Å². The van der Waals surface area contributed by atoms with Gasteiger partial charge in [0, 0.05) is 98.4 Å². The molecule has 0 radical (unpaired) electrons. The fourth-order valence-electron chi connectivity index (χ4n) is 8.89. The van der Waals surface area contributed by atoms with Crippen molar-refractivity contribution in [3.8, 4) is 5.75 Å². The number of likely N-dealkylation sites (tertiary alicyclic amines) is 1. The molecule has 3 aromatic rings. The van der Waals surface area contributed by atoms with Crippen molar-refractivity contribution in [1.82, 2.24) is 14.7 Å².